The van der Waals surface area contributed by atoms with Gasteiger partial charge in [-0.15, -0.1) is 0 Å². The Hall–Kier alpha value is -2.59. The molecule has 166 valence electrons. The van der Waals surface area contributed by atoms with Crippen molar-refractivity contribution in [1.29, 1.82) is 0 Å². The second-order valence-corrected chi connectivity index (χ2v) is 8.61. The lowest BCUT2D eigenvalue weighted by Gasteiger charge is -2.18. The van der Waals surface area contributed by atoms with E-state index in [1.165, 1.54) is 6.20 Å². The first-order valence-electron chi connectivity index (χ1n) is 10.0. The summed E-state index contributed by atoms with van der Waals surface area (Å²) in [6.45, 7) is 4.12. The number of rotatable bonds is 8. The molecule has 0 atom stereocenters. The predicted molar refractivity (Wildman–Crippen MR) is 138 cm³/mol. The van der Waals surface area contributed by atoms with Crippen molar-refractivity contribution in [2.45, 2.75) is 20.3 Å². The summed E-state index contributed by atoms with van der Waals surface area (Å²) >= 11 is 2.24. The first kappa shape index (κ1) is 24.1. The highest BCUT2D eigenvalue weighted by Gasteiger charge is 2.13. The molecule has 0 spiro atoms. The molecule has 8 heteroatoms. The number of nitrogens with zero attached hydrogens (tertiary/aromatic N) is 3. The number of carbonyl (C=O) groups excluding carboxylic acids is 1. The second-order valence-electron chi connectivity index (χ2n) is 6.90. The van der Waals surface area contributed by atoms with Crippen LogP contribution in [0.3, 0.4) is 0 Å². The molecule has 2 aromatic rings. The highest BCUT2D eigenvalue weighted by Crippen LogP contribution is 2.32. The number of pyridine rings is 2. The van der Waals surface area contributed by atoms with Crippen molar-refractivity contribution in [3.8, 4) is 11.1 Å². The Labute approximate surface area is 204 Å². The number of ether oxygens (including phenoxy) is 2. The van der Waals surface area contributed by atoms with Gasteiger partial charge in [0.25, 0.3) is 0 Å². The third-order valence-electron chi connectivity index (χ3n) is 4.68. The highest BCUT2D eigenvalue weighted by molar-refractivity contribution is 14.2. The number of methoxy groups -OCH3 is 1. The standard InChI is InChI=1S/C24H24IN3O3S/c1-4-31-24(29)21-13-20(14-26-15-21)19-11-17(2)23(27-16-19)28(32-25)10-9-18-7-5-6-8-22(12-18)30-3/h5-11,13-16H,4,12H2,1-3H3/b10-9+. The Kier molecular flexibility index (Phi) is 8.92. The number of carbonyl (C=O) groups is 1. The van der Waals surface area contributed by atoms with E-state index < -0.39 is 0 Å². The van der Waals surface area contributed by atoms with Crippen LogP contribution in [-0.4, -0.2) is 29.7 Å². The molecule has 0 radical (unpaired) electrons. The van der Waals surface area contributed by atoms with Crippen molar-refractivity contribution >= 4 is 42.1 Å². The SMILES string of the molecule is CCOC(=O)c1cncc(-c2cnc(N(/C=C/C3=CC=CC=C(OC)C3)SI)c(C)c2)c1. The zero-order chi connectivity index (χ0) is 22.9. The number of hydrogen-bond donors (Lipinski definition) is 0. The number of esters is 1. The summed E-state index contributed by atoms with van der Waals surface area (Å²) in [4.78, 5) is 20.9. The predicted octanol–water partition coefficient (Wildman–Crippen LogP) is 6.36. The number of anilines is 1. The molecule has 6 nitrogen and oxygen atoms in total. The van der Waals surface area contributed by atoms with Gasteiger partial charge in [0.1, 0.15) is 5.82 Å². The van der Waals surface area contributed by atoms with Crippen LogP contribution in [0.2, 0.25) is 0 Å². The summed E-state index contributed by atoms with van der Waals surface area (Å²) in [5.74, 6) is 1.38. The van der Waals surface area contributed by atoms with Crippen molar-refractivity contribution in [2.75, 3.05) is 18.0 Å². The van der Waals surface area contributed by atoms with Gasteiger partial charge in [-0.25, -0.2) is 9.78 Å². The molecule has 0 saturated heterocycles. The van der Waals surface area contributed by atoms with Crippen LogP contribution in [0.15, 0.2) is 78.6 Å². The lowest BCUT2D eigenvalue weighted by atomic mass is 10.1. The number of hydrogen-bond acceptors (Lipinski definition) is 7. The molecular formula is C24H24IN3O3S. The van der Waals surface area contributed by atoms with Crippen molar-refractivity contribution in [1.82, 2.24) is 9.97 Å². The molecule has 32 heavy (non-hydrogen) atoms. The smallest absolute Gasteiger partial charge is 0.339 e. The quantitative estimate of drug-likeness (QED) is 0.211. The van der Waals surface area contributed by atoms with Gasteiger partial charge in [-0.3, -0.25) is 9.29 Å². The molecule has 2 heterocycles. The average molecular weight is 561 g/mol. The van der Waals surface area contributed by atoms with E-state index in [0.717, 1.165) is 40.3 Å². The van der Waals surface area contributed by atoms with E-state index in [2.05, 4.69) is 43.3 Å². The van der Waals surface area contributed by atoms with E-state index in [1.54, 1.807) is 41.6 Å². The first-order chi connectivity index (χ1) is 15.5. The van der Waals surface area contributed by atoms with Crippen molar-refractivity contribution in [2.24, 2.45) is 0 Å². The van der Waals surface area contributed by atoms with E-state index in [1.807, 2.05) is 41.7 Å². The normalized spacial score (nSPS) is 13.4. The van der Waals surface area contributed by atoms with Crippen LogP contribution in [-0.2, 0) is 9.47 Å². The van der Waals surface area contributed by atoms with Gasteiger partial charge in [-0.1, -0.05) is 18.2 Å². The third-order valence-corrected chi connectivity index (χ3v) is 6.40. The lowest BCUT2D eigenvalue weighted by molar-refractivity contribution is 0.0526. The number of aromatic nitrogens is 2. The summed E-state index contributed by atoms with van der Waals surface area (Å²) in [6, 6.07) is 3.82. The minimum Gasteiger partial charge on any atom is -0.501 e. The molecule has 0 aliphatic heterocycles. The van der Waals surface area contributed by atoms with Gasteiger partial charge in [-0.05, 0) is 49.3 Å². The molecule has 0 bridgehead atoms. The van der Waals surface area contributed by atoms with Crippen LogP contribution < -0.4 is 4.31 Å². The summed E-state index contributed by atoms with van der Waals surface area (Å²) in [7, 11) is 3.23. The van der Waals surface area contributed by atoms with E-state index in [4.69, 9.17) is 9.47 Å². The lowest BCUT2D eigenvalue weighted by Crippen LogP contribution is -2.07. The van der Waals surface area contributed by atoms with Crippen LogP contribution in [0.4, 0.5) is 5.82 Å². The van der Waals surface area contributed by atoms with Gasteiger partial charge in [-0.2, -0.15) is 0 Å². The molecule has 0 fully saturated rings. The molecule has 1 aliphatic rings. The molecule has 0 saturated carbocycles. The summed E-state index contributed by atoms with van der Waals surface area (Å²) in [5.41, 5.74) is 4.27. The average Bonchev–Trinajstić information content (AvgIpc) is 3.05. The highest BCUT2D eigenvalue weighted by atomic mass is 127. The molecule has 0 aromatic carbocycles. The van der Waals surface area contributed by atoms with Gasteiger partial charge < -0.3 is 9.47 Å². The zero-order valence-corrected chi connectivity index (χ0v) is 21.1. The molecular weight excluding hydrogens is 537 g/mol. The Morgan fingerprint density at radius 2 is 2.00 bits per heavy atom. The molecule has 0 N–H and O–H groups in total. The summed E-state index contributed by atoms with van der Waals surface area (Å²) < 4.78 is 12.5. The number of aryl methyl sites for hydroxylation is 1. The van der Waals surface area contributed by atoms with Crippen molar-refractivity contribution in [3.05, 3.63) is 89.8 Å². The third kappa shape index (κ3) is 6.23. The Balaban J connectivity index is 1.81. The fourth-order valence-electron chi connectivity index (χ4n) is 3.09. The Bertz CT molecular complexity index is 1100. The fraction of sp³-hybridized carbons (Fsp3) is 0.208. The monoisotopic (exact) mass is 561 g/mol. The Morgan fingerprint density at radius 3 is 2.72 bits per heavy atom. The molecule has 0 unspecified atom stereocenters. The first-order valence-corrected chi connectivity index (χ1v) is 13.3. The van der Waals surface area contributed by atoms with Crippen LogP contribution >= 0.6 is 30.3 Å². The van der Waals surface area contributed by atoms with E-state index in [9.17, 15) is 4.79 Å². The van der Waals surface area contributed by atoms with Gasteiger partial charge in [0.15, 0.2) is 0 Å². The molecule has 3 rings (SSSR count). The molecule has 0 amide bonds. The minimum absolute atomic E-state index is 0.325. The van der Waals surface area contributed by atoms with Crippen LogP contribution in [0.5, 0.6) is 0 Å². The van der Waals surface area contributed by atoms with Crippen LogP contribution in [0, 0.1) is 6.92 Å². The zero-order valence-electron chi connectivity index (χ0n) is 18.1. The topological polar surface area (TPSA) is 64.5 Å². The Morgan fingerprint density at radius 1 is 1.22 bits per heavy atom. The largest absolute Gasteiger partial charge is 0.501 e. The molecule has 2 aromatic heterocycles. The van der Waals surface area contributed by atoms with Gasteiger partial charge in [0.05, 0.1) is 25.0 Å². The molecule has 1 aliphatic carbocycles. The van der Waals surface area contributed by atoms with Crippen LogP contribution in [0.25, 0.3) is 11.1 Å². The van der Waals surface area contributed by atoms with Gasteiger partial charge in [0, 0.05) is 72.7 Å². The summed E-state index contributed by atoms with van der Waals surface area (Å²) in [6.07, 6.45) is 17.8. The maximum absolute atomic E-state index is 12.0. The number of halogens is 1. The van der Waals surface area contributed by atoms with Crippen molar-refractivity contribution in [3.63, 3.8) is 0 Å². The second kappa shape index (κ2) is 11.9. The minimum atomic E-state index is -0.380. The van der Waals surface area contributed by atoms with Gasteiger partial charge >= 0.3 is 5.97 Å². The number of allylic oxidation sites excluding steroid dienone is 6. The van der Waals surface area contributed by atoms with E-state index >= 15 is 0 Å². The van der Waals surface area contributed by atoms with Gasteiger partial charge in [0.2, 0.25) is 0 Å². The maximum Gasteiger partial charge on any atom is 0.339 e. The van der Waals surface area contributed by atoms with E-state index in [0.29, 0.717) is 12.2 Å². The van der Waals surface area contributed by atoms with Crippen molar-refractivity contribution < 1.29 is 14.3 Å². The van der Waals surface area contributed by atoms with E-state index in [-0.39, 0.29) is 5.97 Å². The van der Waals surface area contributed by atoms with Crippen LogP contribution in [0.1, 0.15) is 29.3 Å². The maximum atomic E-state index is 12.0. The summed E-state index contributed by atoms with van der Waals surface area (Å²) in [5, 5.41) is 0. The fourth-order valence-corrected chi connectivity index (χ4v) is 4.40.